The second-order valence-electron chi connectivity index (χ2n) is 4.79. The van der Waals surface area contributed by atoms with Crippen LogP contribution in [0.15, 0.2) is 12.7 Å². The number of hydrogen-bond acceptors (Lipinski definition) is 1. The van der Waals surface area contributed by atoms with Gasteiger partial charge < -0.3 is 4.90 Å². The maximum absolute atomic E-state index is 3.48. The molecule has 0 heterocycles. The summed E-state index contributed by atoms with van der Waals surface area (Å²) in [6.07, 6.45) is 8.56. The molecule has 0 saturated heterocycles. The van der Waals surface area contributed by atoms with Gasteiger partial charge in [0.05, 0.1) is 0 Å². The lowest BCUT2D eigenvalue weighted by Gasteiger charge is -2.21. The van der Waals surface area contributed by atoms with Crippen LogP contribution in [0.5, 0.6) is 0 Å². The first-order valence-electron chi connectivity index (χ1n) is 6.43. The Kier molecular flexibility index (Phi) is 7.76. The highest BCUT2D eigenvalue weighted by Crippen LogP contribution is 2.48. The van der Waals surface area contributed by atoms with Crippen molar-refractivity contribution in [1.82, 2.24) is 4.90 Å². The second-order valence-corrected chi connectivity index (χ2v) is 4.79. The molecule has 1 aliphatic carbocycles. The molecule has 0 bridgehead atoms. The normalized spacial score (nSPS) is 16.9. The van der Waals surface area contributed by atoms with Crippen LogP contribution >= 0.6 is 0 Å². The minimum atomic E-state index is 0.740. The first-order chi connectivity index (χ1) is 7.14. The third kappa shape index (κ3) is 6.72. The molecule has 1 heteroatoms. The van der Waals surface area contributed by atoms with E-state index >= 15 is 0 Å². The molecule has 0 spiro atoms. The lowest BCUT2D eigenvalue weighted by atomic mass is 10.0. The van der Waals surface area contributed by atoms with E-state index in [9.17, 15) is 0 Å². The molecule has 1 fully saturated rings. The number of allylic oxidation sites excluding steroid dienone is 1. The standard InChI is InChI=1S/C10H21N.C4H8/c1-4-8-11(3)9-10(5-2)6-7-10;1-3-4-2/h4-9H2,1-3H3;3H,1,4H2,2H3. The Bertz CT molecular complexity index is 159. The fraction of sp³-hybridized carbons (Fsp3) is 0.857. The monoisotopic (exact) mass is 211 g/mol. The minimum absolute atomic E-state index is 0.740. The molecule has 1 aliphatic rings. The largest absolute Gasteiger partial charge is 0.306 e. The molecule has 0 N–H and O–H groups in total. The summed E-state index contributed by atoms with van der Waals surface area (Å²) < 4.78 is 0. The Morgan fingerprint density at radius 2 is 1.80 bits per heavy atom. The van der Waals surface area contributed by atoms with Gasteiger partial charge in [-0.1, -0.05) is 26.8 Å². The maximum Gasteiger partial charge on any atom is 0.00348 e. The molecule has 0 aromatic rings. The second kappa shape index (κ2) is 7.92. The highest BCUT2D eigenvalue weighted by molar-refractivity contribution is 4.93. The Balaban J connectivity index is 0.000000423. The molecule has 0 unspecified atom stereocenters. The summed E-state index contributed by atoms with van der Waals surface area (Å²) in [6, 6.07) is 0. The van der Waals surface area contributed by atoms with Gasteiger partial charge in [0, 0.05) is 6.54 Å². The number of nitrogens with zero attached hydrogens (tertiary/aromatic N) is 1. The van der Waals surface area contributed by atoms with Crippen LogP contribution < -0.4 is 0 Å². The van der Waals surface area contributed by atoms with Gasteiger partial charge in [-0.3, -0.25) is 0 Å². The van der Waals surface area contributed by atoms with E-state index in [0.29, 0.717) is 0 Å². The highest BCUT2D eigenvalue weighted by Gasteiger charge is 2.40. The molecule has 1 nitrogen and oxygen atoms in total. The summed E-state index contributed by atoms with van der Waals surface area (Å²) in [7, 11) is 2.25. The molecule has 0 amide bonds. The van der Waals surface area contributed by atoms with E-state index in [-0.39, 0.29) is 0 Å². The Morgan fingerprint density at radius 3 is 2.07 bits per heavy atom. The molecular weight excluding hydrogens is 182 g/mol. The Labute approximate surface area is 96.6 Å². The summed E-state index contributed by atoms with van der Waals surface area (Å²) in [6.45, 7) is 12.7. The summed E-state index contributed by atoms with van der Waals surface area (Å²) in [5, 5.41) is 0. The van der Waals surface area contributed by atoms with E-state index in [1.54, 1.807) is 0 Å². The molecule has 1 rings (SSSR count). The van der Waals surface area contributed by atoms with Gasteiger partial charge in [-0.05, 0) is 51.1 Å². The van der Waals surface area contributed by atoms with Gasteiger partial charge in [-0.2, -0.15) is 0 Å². The fourth-order valence-corrected chi connectivity index (χ4v) is 1.83. The van der Waals surface area contributed by atoms with Crippen molar-refractivity contribution in [3.05, 3.63) is 12.7 Å². The molecule has 0 aliphatic heterocycles. The van der Waals surface area contributed by atoms with Crippen molar-refractivity contribution in [3.63, 3.8) is 0 Å². The van der Waals surface area contributed by atoms with Crippen LogP contribution in [-0.2, 0) is 0 Å². The van der Waals surface area contributed by atoms with Crippen LogP contribution in [0.3, 0.4) is 0 Å². The summed E-state index contributed by atoms with van der Waals surface area (Å²) in [4.78, 5) is 2.48. The van der Waals surface area contributed by atoms with E-state index in [1.165, 1.54) is 38.8 Å². The molecular formula is C14H29N. The molecule has 0 radical (unpaired) electrons. The van der Waals surface area contributed by atoms with Crippen molar-refractivity contribution < 1.29 is 0 Å². The summed E-state index contributed by atoms with van der Waals surface area (Å²) in [5.74, 6) is 0. The molecule has 0 atom stereocenters. The molecule has 15 heavy (non-hydrogen) atoms. The van der Waals surface area contributed by atoms with Gasteiger partial charge >= 0.3 is 0 Å². The predicted molar refractivity (Wildman–Crippen MR) is 70.2 cm³/mol. The molecule has 1 saturated carbocycles. The average Bonchev–Trinajstić information content (AvgIpc) is 2.99. The van der Waals surface area contributed by atoms with Crippen molar-refractivity contribution >= 4 is 0 Å². The van der Waals surface area contributed by atoms with Gasteiger partial charge in [0.25, 0.3) is 0 Å². The van der Waals surface area contributed by atoms with E-state index in [0.717, 1.165) is 11.8 Å². The zero-order chi connectivity index (χ0) is 11.7. The quantitative estimate of drug-likeness (QED) is 0.598. The fourth-order valence-electron chi connectivity index (χ4n) is 1.83. The first-order valence-corrected chi connectivity index (χ1v) is 6.43. The van der Waals surface area contributed by atoms with Crippen LogP contribution in [0.1, 0.15) is 52.9 Å². The van der Waals surface area contributed by atoms with Crippen molar-refractivity contribution in [2.45, 2.75) is 52.9 Å². The van der Waals surface area contributed by atoms with Crippen LogP contribution in [0.2, 0.25) is 0 Å². The van der Waals surface area contributed by atoms with E-state index in [2.05, 4.69) is 39.3 Å². The molecule has 0 aromatic carbocycles. The van der Waals surface area contributed by atoms with Crippen LogP contribution in [0, 0.1) is 5.41 Å². The van der Waals surface area contributed by atoms with Crippen LogP contribution in [0.25, 0.3) is 0 Å². The SMILES string of the molecule is C=CCC.CCCN(C)CC1(CC)CC1. The summed E-state index contributed by atoms with van der Waals surface area (Å²) in [5.41, 5.74) is 0.740. The lowest BCUT2D eigenvalue weighted by Crippen LogP contribution is -2.27. The first kappa shape index (κ1) is 14.7. The topological polar surface area (TPSA) is 3.24 Å². The van der Waals surface area contributed by atoms with Crippen molar-refractivity contribution in [1.29, 1.82) is 0 Å². The third-order valence-corrected chi connectivity index (χ3v) is 3.21. The highest BCUT2D eigenvalue weighted by atomic mass is 15.1. The van der Waals surface area contributed by atoms with Gasteiger partial charge in [-0.15, -0.1) is 6.58 Å². The van der Waals surface area contributed by atoms with Crippen molar-refractivity contribution in [3.8, 4) is 0 Å². The zero-order valence-corrected chi connectivity index (χ0v) is 11.2. The zero-order valence-electron chi connectivity index (χ0n) is 11.2. The molecule has 90 valence electrons. The summed E-state index contributed by atoms with van der Waals surface area (Å²) >= 11 is 0. The van der Waals surface area contributed by atoms with Gasteiger partial charge in [0.2, 0.25) is 0 Å². The Hall–Kier alpha value is -0.300. The number of rotatable bonds is 6. The smallest absolute Gasteiger partial charge is 0.00348 e. The van der Waals surface area contributed by atoms with Crippen LogP contribution in [0.4, 0.5) is 0 Å². The van der Waals surface area contributed by atoms with E-state index in [4.69, 9.17) is 0 Å². The molecule has 0 aromatic heterocycles. The van der Waals surface area contributed by atoms with Crippen molar-refractivity contribution in [2.75, 3.05) is 20.1 Å². The Morgan fingerprint density at radius 1 is 1.27 bits per heavy atom. The minimum Gasteiger partial charge on any atom is -0.306 e. The average molecular weight is 211 g/mol. The lowest BCUT2D eigenvalue weighted by molar-refractivity contribution is 0.258. The van der Waals surface area contributed by atoms with Gasteiger partial charge in [0.1, 0.15) is 0 Å². The number of hydrogen-bond donors (Lipinski definition) is 0. The third-order valence-electron chi connectivity index (χ3n) is 3.21. The maximum atomic E-state index is 3.48. The van der Waals surface area contributed by atoms with Gasteiger partial charge in [-0.25, -0.2) is 0 Å². The van der Waals surface area contributed by atoms with Crippen molar-refractivity contribution in [2.24, 2.45) is 5.41 Å². The van der Waals surface area contributed by atoms with Crippen LogP contribution in [-0.4, -0.2) is 25.0 Å². The van der Waals surface area contributed by atoms with E-state index < -0.39 is 0 Å². The van der Waals surface area contributed by atoms with E-state index in [1.807, 2.05) is 6.08 Å². The van der Waals surface area contributed by atoms with Gasteiger partial charge in [0.15, 0.2) is 0 Å². The predicted octanol–water partition coefficient (Wildman–Crippen LogP) is 4.10.